The van der Waals surface area contributed by atoms with Crippen molar-refractivity contribution in [2.24, 2.45) is 11.6 Å². The van der Waals surface area contributed by atoms with Gasteiger partial charge in [0.2, 0.25) is 0 Å². The summed E-state index contributed by atoms with van der Waals surface area (Å²) in [5.41, 5.74) is 4.62. The van der Waals surface area contributed by atoms with E-state index in [1.807, 2.05) is 13.8 Å². The third kappa shape index (κ3) is 5.50. The number of hydrazine groups is 1. The van der Waals surface area contributed by atoms with Crippen LogP contribution < -0.4 is 27.6 Å². The van der Waals surface area contributed by atoms with Crippen molar-refractivity contribution >= 4 is 23.3 Å². The number of nitrogens with one attached hydrogen (secondary N) is 3. The number of rotatable bonds is 8. The molecule has 1 aliphatic heterocycles. The molecule has 40 heavy (non-hydrogen) atoms. The smallest absolute Gasteiger partial charge is 0.293 e. The fraction of sp³-hybridized carbons (Fsp3) is 0.440. The van der Waals surface area contributed by atoms with Crippen LogP contribution in [0.5, 0.6) is 0 Å². The highest BCUT2D eigenvalue weighted by atomic mass is 19.3. The van der Waals surface area contributed by atoms with E-state index < -0.39 is 65.5 Å². The number of amides is 2. The predicted octanol–water partition coefficient (Wildman–Crippen LogP) is 3.22. The first-order valence-corrected chi connectivity index (χ1v) is 12.4. The van der Waals surface area contributed by atoms with E-state index in [1.54, 1.807) is 0 Å². The number of nitrogens with zero attached hydrogens (tertiary/aromatic N) is 2. The molecule has 1 fully saturated rings. The lowest BCUT2D eigenvalue weighted by molar-refractivity contribution is -0.137. The normalized spacial score (nSPS) is 16.8. The van der Waals surface area contributed by atoms with E-state index >= 15 is 0 Å². The zero-order valence-corrected chi connectivity index (χ0v) is 22.0. The summed E-state index contributed by atoms with van der Waals surface area (Å²) in [6.45, 7) is 5.69. The Bertz CT molecular complexity index is 1350. The first kappa shape index (κ1) is 30.5. The number of halogens is 5. The summed E-state index contributed by atoms with van der Waals surface area (Å²) in [5, 5.41) is 4.52. The van der Waals surface area contributed by atoms with E-state index in [0.29, 0.717) is 25.1 Å². The lowest BCUT2D eigenvalue weighted by atomic mass is 9.71. The molecule has 0 radical (unpaired) electrons. The number of hydrogen-bond acceptors (Lipinski definition) is 7. The molecule has 0 saturated heterocycles. The average molecular weight is 572 g/mol. The fourth-order valence-electron chi connectivity index (χ4n) is 5.01. The maximum absolute atomic E-state index is 14.4. The van der Waals surface area contributed by atoms with E-state index in [2.05, 4.69) is 21.0 Å². The van der Waals surface area contributed by atoms with Gasteiger partial charge in [-0.3, -0.25) is 25.2 Å². The minimum Gasteiger partial charge on any atom is -0.399 e. The van der Waals surface area contributed by atoms with Crippen LogP contribution in [0.1, 0.15) is 77.3 Å². The minimum absolute atomic E-state index is 0.0694. The number of Topliss-reactive ketones (excluding diaryl/α,β-unsaturated/α-hetero) is 1. The molecule has 218 valence electrons. The largest absolute Gasteiger partial charge is 0.399 e. The molecule has 2 amide bonds. The molecule has 0 unspecified atom stereocenters. The molecule has 0 bridgehead atoms. The van der Waals surface area contributed by atoms with Crippen molar-refractivity contribution < 1.29 is 36.3 Å². The van der Waals surface area contributed by atoms with Crippen LogP contribution in [0.3, 0.4) is 0 Å². The van der Waals surface area contributed by atoms with Gasteiger partial charge in [-0.2, -0.15) is 0 Å². The molecule has 10 nitrogen and oxygen atoms in total. The Morgan fingerprint density at radius 3 is 2.42 bits per heavy atom. The Kier molecular flexibility index (Phi) is 8.87. The van der Waals surface area contributed by atoms with Gasteiger partial charge in [0.1, 0.15) is 11.4 Å². The first-order chi connectivity index (χ1) is 18.8. The summed E-state index contributed by atoms with van der Waals surface area (Å²) >= 11 is 0. The second-order valence-corrected chi connectivity index (χ2v) is 9.20. The standard InChI is InChI=1S/C23H24F5N7O3.C2H6/c1-10-14(18(36)21(38)34-22(13(29)7-32-30)8-23(27,28)9-22)12-3-2-6-35(12)17(10)20(37)33-11-4-5-31-16(15(11)24)19(25)26;1-2/h4-5,7,19,32H,2-3,6,8-9,29-30H2,1H3,(H,34,38)(H,31,33,37);1-2H3/b13-7-;. The van der Waals surface area contributed by atoms with Crippen LogP contribution >= 0.6 is 0 Å². The van der Waals surface area contributed by atoms with Gasteiger partial charge in [0.05, 0.1) is 22.5 Å². The number of alkyl halides is 4. The number of carbonyl (C=O) groups excluding carboxylic acids is 3. The van der Waals surface area contributed by atoms with Gasteiger partial charge in [0.25, 0.3) is 29.9 Å². The molecule has 0 spiro atoms. The molecular formula is C25H30F5N7O3. The molecule has 2 aromatic heterocycles. The SMILES string of the molecule is CC.Cc1c(C(=O)C(=O)NC2(/C(N)=C/NN)CC(F)(F)C2)c2n(c1C(=O)Nc1ccnc(C(F)F)c1F)CCC2. The number of aromatic nitrogens is 2. The summed E-state index contributed by atoms with van der Waals surface area (Å²) in [4.78, 5) is 42.6. The molecule has 0 aromatic carbocycles. The zero-order valence-electron chi connectivity index (χ0n) is 22.0. The average Bonchev–Trinajstić information content (AvgIpc) is 3.44. The number of anilines is 1. The van der Waals surface area contributed by atoms with E-state index in [-0.39, 0.29) is 22.5 Å². The number of pyridine rings is 1. The predicted molar refractivity (Wildman–Crippen MR) is 135 cm³/mol. The van der Waals surface area contributed by atoms with Crippen molar-refractivity contribution in [2.45, 2.75) is 70.9 Å². The Morgan fingerprint density at radius 2 is 1.85 bits per heavy atom. The van der Waals surface area contributed by atoms with Crippen molar-refractivity contribution in [2.75, 3.05) is 5.32 Å². The number of carbonyl (C=O) groups is 3. The van der Waals surface area contributed by atoms with E-state index in [0.717, 1.165) is 18.5 Å². The van der Waals surface area contributed by atoms with E-state index in [1.165, 1.54) is 11.5 Å². The van der Waals surface area contributed by atoms with Crippen molar-refractivity contribution in [3.05, 3.63) is 58.2 Å². The van der Waals surface area contributed by atoms with Crippen molar-refractivity contribution in [3.63, 3.8) is 0 Å². The topological polar surface area (TPSA) is 157 Å². The van der Waals surface area contributed by atoms with E-state index in [9.17, 15) is 36.3 Å². The number of ketones is 1. The monoisotopic (exact) mass is 571 g/mol. The molecular weight excluding hydrogens is 541 g/mol. The molecule has 0 atom stereocenters. The second kappa shape index (κ2) is 11.6. The van der Waals surface area contributed by atoms with Crippen molar-refractivity contribution in [3.8, 4) is 0 Å². The van der Waals surface area contributed by atoms with E-state index in [4.69, 9.17) is 11.6 Å². The molecule has 1 saturated carbocycles. The zero-order chi connectivity index (χ0) is 30.0. The minimum atomic E-state index is -3.21. The lowest BCUT2D eigenvalue weighted by Crippen LogP contribution is -2.65. The number of hydrogen-bond donors (Lipinski definition) is 5. The maximum atomic E-state index is 14.4. The molecule has 15 heteroatoms. The van der Waals surface area contributed by atoms with Crippen LogP contribution in [0.4, 0.5) is 27.6 Å². The Morgan fingerprint density at radius 1 is 1.20 bits per heavy atom. The molecule has 7 N–H and O–H groups in total. The molecule has 3 heterocycles. The maximum Gasteiger partial charge on any atom is 0.293 e. The van der Waals surface area contributed by atoms with Crippen LogP contribution in [0.15, 0.2) is 24.2 Å². The third-order valence-corrected chi connectivity index (χ3v) is 6.69. The summed E-state index contributed by atoms with van der Waals surface area (Å²) < 4.78 is 69.4. The first-order valence-electron chi connectivity index (χ1n) is 12.4. The molecule has 1 aliphatic carbocycles. The van der Waals surface area contributed by atoms with Crippen LogP contribution in [0.25, 0.3) is 0 Å². The van der Waals surface area contributed by atoms with Gasteiger partial charge in [-0.1, -0.05) is 13.8 Å². The summed E-state index contributed by atoms with van der Waals surface area (Å²) in [6, 6.07) is 1.00. The van der Waals surface area contributed by atoms with Crippen molar-refractivity contribution in [1.29, 1.82) is 0 Å². The quantitative estimate of drug-likeness (QED) is 0.107. The van der Waals surface area contributed by atoms with Gasteiger partial charge in [-0.05, 0) is 31.4 Å². The van der Waals surface area contributed by atoms with Crippen LogP contribution in [0, 0.1) is 12.7 Å². The molecule has 2 aliphatic rings. The van der Waals surface area contributed by atoms with Gasteiger partial charge in [-0.15, -0.1) is 0 Å². The Balaban J connectivity index is 0.00000216. The third-order valence-electron chi connectivity index (χ3n) is 6.69. The highest BCUT2D eigenvalue weighted by Crippen LogP contribution is 2.48. The lowest BCUT2D eigenvalue weighted by Gasteiger charge is -2.47. The van der Waals surface area contributed by atoms with Gasteiger partial charge in [0.15, 0.2) is 5.82 Å². The molecule has 4 rings (SSSR count). The van der Waals surface area contributed by atoms with Gasteiger partial charge in [0, 0.05) is 37.5 Å². The van der Waals surface area contributed by atoms with Crippen LogP contribution in [-0.4, -0.2) is 38.6 Å². The van der Waals surface area contributed by atoms with Crippen LogP contribution in [0.2, 0.25) is 0 Å². The number of nitrogens with two attached hydrogens (primary N) is 2. The highest BCUT2D eigenvalue weighted by Gasteiger charge is 2.59. The number of fused-ring (bicyclic) bond motifs is 1. The summed E-state index contributed by atoms with van der Waals surface area (Å²) in [6.07, 6.45) is -2.12. The van der Waals surface area contributed by atoms with Gasteiger partial charge < -0.3 is 26.4 Å². The fourth-order valence-corrected chi connectivity index (χ4v) is 5.01. The highest BCUT2D eigenvalue weighted by molar-refractivity contribution is 6.44. The Labute approximate surface area is 226 Å². The van der Waals surface area contributed by atoms with Gasteiger partial charge in [-0.25, -0.2) is 22.0 Å². The summed E-state index contributed by atoms with van der Waals surface area (Å²) in [7, 11) is 0. The summed E-state index contributed by atoms with van der Waals surface area (Å²) in [5.74, 6) is -2.54. The van der Waals surface area contributed by atoms with Crippen molar-refractivity contribution in [1.82, 2.24) is 20.3 Å². The Hall–Kier alpha value is -4.01. The van der Waals surface area contributed by atoms with Crippen LogP contribution in [-0.2, 0) is 17.8 Å². The molecule has 2 aromatic rings. The second-order valence-electron chi connectivity index (χ2n) is 9.20. The van der Waals surface area contributed by atoms with Gasteiger partial charge >= 0.3 is 0 Å².